The minimum absolute atomic E-state index is 0.0237. The maximum Gasteiger partial charge on any atom is 0.0624 e. The third-order valence-electron chi connectivity index (χ3n) is 2.07. The van der Waals surface area contributed by atoms with Gasteiger partial charge in [0.2, 0.25) is 0 Å². The van der Waals surface area contributed by atoms with Crippen molar-refractivity contribution in [1.82, 2.24) is 0 Å². The maximum atomic E-state index is 8.89. The van der Waals surface area contributed by atoms with Crippen LogP contribution < -0.4 is 5.73 Å². The third-order valence-corrected chi connectivity index (χ3v) is 2.76. The van der Waals surface area contributed by atoms with Crippen molar-refractivity contribution in [2.45, 2.75) is 19.4 Å². The van der Waals surface area contributed by atoms with E-state index in [4.69, 9.17) is 10.8 Å². The van der Waals surface area contributed by atoms with Crippen LogP contribution in [0.5, 0.6) is 0 Å². The van der Waals surface area contributed by atoms with E-state index >= 15 is 0 Å². The Labute approximate surface area is 86.9 Å². The number of aliphatic hydroxyl groups is 1. The predicted molar refractivity (Wildman–Crippen MR) is 57.5 cm³/mol. The van der Waals surface area contributed by atoms with E-state index in [0.29, 0.717) is 0 Å². The van der Waals surface area contributed by atoms with Crippen molar-refractivity contribution in [2.75, 3.05) is 6.61 Å². The molecule has 0 aliphatic heterocycles. The molecule has 1 aromatic carbocycles. The third kappa shape index (κ3) is 2.53. The molecule has 0 amide bonds. The highest BCUT2D eigenvalue weighted by atomic mass is 79.9. The SMILES string of the molecule is CCc1ccc([C@H](N)CO)c(Br)c1. The highest BCUT2D eigenvalue weighted by molar-refractivity contribution is 9.10. The molecular weight excluding hydrogens is 230 g/mol. The molecule has 2 nitrogen and oxygen atoms in total. The molecule has 0 spiro atoms. The average molecular weight is 244 g/mol. The van der Waals surface area contributed by atoms with E-state index in [2.05, 4.69) is 22.9 Å². The highest BCUT2D eigenvalue weighted by Gasteiger charge is 2.08. The number of hydrogen-bond acceptors (Lipinski definition) is 2. The van der Waals surface area contributed by atoms with Crippen molar-refractivity contribution >= 4 is 15.9 Å². The van der Waals surface area contributed by atoms with Crippen LogP contribution in [0.1, 0.15) is 24.1 Å². The molecule has 0 heterocycles. The molecule has 3 N–H and O–H groups in total. The number of rotatable bonds is 3. The van der Waals surface area contributed by atoms with Crippen LogP contribution in [0.15, 0.2) is 22.7 Å². The Kier molecular flexibility index (Phi) is 3.90. The quantitative estimate of drug-likeness (QED) is 0.854. The van der Waals surface area contributed by atoms with Gasteiger partial charge in [-0.25, -0.2) is 0 Å². The summed E-state index contributed by atoms with van der Waals surface area (Å²) in [4.78, 5) is 0. The van der Waals surface area contributed by atoms with Crippen molar-refractivity contribution in [3.63, 3.8) is 0 Å². The molecule has 0 bridgehead atoms. The predicted octanol–water partition coefficient (Wildman–Crippen LogP) is 2.00. The van der Waals surface area contributed by atoms with E-state index in [9.17, 15) is 0 Å². The molecule has 1 atom stereocenters. The molecule has 0 radical (unpaired) electrons. The lowest BCUT2D eigenvalue weighted by Crippen LogP contribution is -2.15. The zero-order chi connectivity index (χ0) is 9.84. The molecule has 1 aromatic rings. The van der Waals surface area contributed by atoms with E-state index < -0.39 is 0 Å². The fourth-order valence-corrected chi connectivity index (χ4v) is 1.91. The summed E-state index contributed by atoms with van der Waals surface area (Å²) in [5.74, 6) is 0. The second-order valence-corrected chi connectivity index (χ2v) is 3.85. The number of aryl methyl sites for hydroxylation is 1. The zero-order valence-electron chi connectivity index (χ0n) is 7.63. The number of nitrogens with two attached hydrogens (primary N) is 1. The molecule has 13 heavy (non-hydrogen) atoms. The van der Waals surface area contributed by atoms with Gasteiger partial charge in [-0.1, -0.05) is 35.0 Å². The van der Waals surface area contributed by atoms with Crippen LogP contribution in [-0.2, 0) is 6.42 Å². The van der Waals surface area contributed by atoms with Crippen LogP contribution in [0.2, 0.25) is 0 Å². The van der Waals surface area contributed by atoms with Gasteiger partial charge in [0.05, 0.1) is 12.6 Å². The lowest BCUT2D eigenvalue weighted by atomic mass is 10.1. The normalized spacial score (nSPS) is 12.9. The van der Waals surface area contributed by atoms with Gasteiger partial charge in [-0.05, 0) is 23.6 Å². The summed E-state index contributed by atoms with van der Waals surface area (Å²) in [6.07, 6.45) is 1.01. The van der Waals surface area contributed by atoms with Gasteiger partial charge in [-0.15, -0.1) is 0 Å². The second kappa shape index (κ2) is 4.74. The van der Waals surface area contributed by atoms with E-state index in [-0.39, 0.29) is 12.6 Å². The molecule has 0 unspecified atom stereocenters. The Hall–Kier alpha value is -0.380. The minimum Gasteiger partial charge on any atom is -0.394 e. The van der Waals surface area contributed by atoms with Gasteiger partial charge >= 0.3 is 0 Å². The first-order chi connectivity index (χ1) is 6.19. The van der Waals surface area contributed by atoms with E-state index in [1.165, 1.54) is 5.56 Å². The Balaban J connectivity index is 2.98. The maximum absolute atomic E-state index is 8.89. The molecule has 72 valence electrons. The van der Waals surface area contributed by atoms with E-state index in [1.54, 1.807) is 0 Å². The first-order valence-electron chi connectivity index (χ1n) is 4.33. The largest absolute Gasteiger partial charge is 0.394 e. The van der Waals surface area contributed by atoms with Crippen LogP contribution in [0, 0.1) is 0 Å². The molecule has 3 heteroatoms. The molecule has 1 rings (SSSR count). The molecule has 0 aliphatic rings. The number of benzene rings is 1. The molecule has 0 aromatic heterocycles. The summed E-state index contributed by atoms with van der Waals surface area (Å²) < 4.78 is 0.980. The smallest absolute Gasteiger partial charge is 0.0624 e. The highest BCUT2D eigenvalue weighted by Crippen LogP contribution is 2.23. The summed E-state index contributed by atoms with van der Waals surface area (Å²) >= 11 is 3.44. The lowest BCUT2D eigenvalue weighted by Gasteiger charge is -2.11. The topological polar surface area (TPSA) is 46.2 Å². The van der Waals surface area contributed by atoms with Gasteiger partial charge in [-0.3, -0.25) is 0 Å². The first-order valence-corrected chi connectivity index (χ1v) is 5.13. The summed E-state index contributed by atoms with van der Waals surface area (Å²) in [7, 11) is 0. The van der Waals surface area contributed by atoms with Crippen molar-refractivity contribution in [3.8, 4) is 0 Å². The molecule has 0 aliphatic carbocycles. The van der Waals surface area contributed by atoms with Gasteiger partial charge in [0, 0.05) is 4.47 Å². The van der Waals surface area contributed by atoms with Crippen molar-refractivity contribution in [1.29, 1.82) is 0 Å². The standard InChI is InChI=1S/C10H14BrNO/c1-2-7-3-4-8(9(11)5-7)10(12)6-13/h3-5,10,13H,2,6,12H2,1H3/t10-/m1/s1. The summed E-state index contributed by atoms with van der Waals surface area (Å²) in [6.45, 7) is 2.08. The van der Waals surface area contributed by atoms with Crippen molar-refractivity contribution in [2.24, 2.45) is 5.73 Å². The Morgan fingerprint density at radius 2 is 2.23 bits per heavy atom. The molecule has 0 saturated heterocycles. The summed E-state index contributed by atoms with van der Waals surface area (Å²) in [6, 6.07) is 5.75. The van der Waals surface area contributed by atoms with Crippen molar-refractivity contribution in [3.05, 3.63) is 33.8 Å². The van der Waals surface area contributed by atoms with Crippen molar-refractivity contribution < 1.29 is 5.11 Å². The fourth-order valence-electron chi connectivity index (χ4n) is 1.19. The van der Waals surface area contributed by atoms with Crippen LogP contribution in [0.4, 0.5) is 0 Å². The Bertz CT molecular complexity index is 288. The monoisotopic (exact) mass is 243 g/mol. The van der Waals surface area contributed by atoms with Crippen LogP contribution in [-0.4, -0.2) is 11.7 Å². The average Bonchev–Trinajstić information content (AvgIpc) is 2.16. The van der Waals surface area contributed by atoms with Crippen LogP contribution in [0.3, 0.4) is 0 Å². The lowest BCUT2D eigenvalue weighted by molar-refractivity contribution is 0.267. The van der Waals surface area contributed by atoms with Gasteiger partial charge in [0.15, 0.2) is 0 Å². The zero-order valence-corrected chi connectivity index (χ0v) is 9.21. The molecule has 0 fully saturated rings. The number of hydrogen-bond donors (Lipinski definition) is 2. The molecule has 0 saturated carbocycles. The van der Waals surface area contributed by atoms with Crippen LogP contribution >= 0.6 is 15.9 Å². The minimum atomic E-state index is -0.291. The Morgan fingerprint density at radius 3 is 2.69 bits per heavy atom. The number of aliphatic hydroxyl groups excluding tert-OH is 1. The van der Waals surface area contributed by atoms with Gasteiger partial charge in [-0.2, -0.15) is 0 Å². The van der Waals surface area contributed by atoms with Crippen LogP contribution in [0.25, 0.3) is 0 Å². The van der Waals surface area contributed by atoms with Gasteiger partial charge < -0.3 is 10.8 Å². The number of halogens is 1. The summed E-state index contributed by atoms with van der Waals surface area (Å²) in [5.41, 5.74) is 7.93. The first kappa shape index (κ1) is 10.7. The van der Waals surface area contributed by atoms with Gasteiger partial charge in [0.1, 0.15) is 0 Å². The molecular formula is C10H14BrNO. The Morgan fingerprint density at radius 1 is 1.54 bits per heavy atom. The van der Waals surface area contributed by atoms with E-state index in [1.807, 2.05) is 18.2 Å². The fraction of sp³-hybridized carbons (Fsp3) is 0.400. The van der Waals surface area contributed by atoms with Gasteiger partial charge in [0.25, 0.3) is 0 Å². The summed E-state index contributed by atoms with van der Waals surface area (Å²) in [5, 5.41) is 8.89. The van der Waals surface area contributed by atoms with E-state index in [0.717, 1.165) is 16.5 Å². The second-order valence-electron chi connectivity index (χ2n) is 3.00.